The van der Waals surface area contributed by atoms with Crippen molar-refractivity contribution in [1.29, 1.82) is 0 Å². The van der Waals surface area contributed by atoms with Crippen molar-refractivity contribution in [3.8, 4) is 0 Å². The zero-order chi connectivity index (χ0) is 15.3. The molecular weight excluding hydrogens is 266 g/mol. The van der Waals surface area contributed by atoms with E-state index in [4.69, 9.17) is 10.5 Å². The van der Waals surface area contributed by atoms with Gasteiger partial charge in [0.25, 0.3) is 0 Å². The molecule has 1 unspecified atom stereocenters. The lowest BCUT2D eigenvalue weighted by Gasteiger charge is -2.21. The molecule has 2 N–H and O–H groups in total. The molecule has 0 fully saturated rings. The van der Waals surface area contributed by atoms with Gasteiger partial charge in [0.05, 0.1) is 18.3 Å². The van der Waals surface area contributed by atoms with Crippen LogP contribution in [0.15, 0.2) is 30.5 Å². The van der Waals surface area contributed by atoms with Gasteiger partial charge in [0, 0.05) is 11.9 Å². The number of unbranched alkanes of at least 4 members (excludes halogenated alkanes) is 1. The molecule has 5 heteroatoms. The van der Waals surface area contributed by atoms with E-state index in [0.717, 1.165) is 30.3 Å². The van der Waals surface area contributed by atoms with Crippen molar-refractivity contribution in [3.63, 3.8) is 0 Å². The van der Waals surface area contributed by atoms with Crippen LogP contribution in [0.25, 0.3) is 10.9 Å². The smallest absolute Gasteiger partial charge is 0.325 e. The van der Waals surface area contributed by atoms with Crippen molar-refractivity contribution in [2.45, 2.75) is 45.2 Å². The summed E-state index contributed by atoms with van der Waals surface area (Å²) >= 11 is 0. The molecule has 0 saturated heterocycles. The molecule has 2 aromatic rings. The maximum atomic E-state index is 11.7. The zero-order valence-electron chi connectivity index (χ0n) is 12.7. The third kappa shape index (κ3) is 3.82. The number of rotatable bonds is 7. The summed E-state index contributed by atoms with van der Waals surface area (Å²) in [6.45, 7) is 4.71. The highest BCUT2D eigenvalue weighted by Gasteiger charge is 2.28. The van der Waals surface area contributed by atoms with Crippen LogP contribution in [0.2, 0.25) is 0 Å². The Morgan fingerprint density at radius 2 is 2.14 bits per heavy atom. The summed E-state index contributed by atoms with van der Waals surface area (Å²) in [5.41, 5.74) is 6.24. The van der Waals surface area contributed by atoms with Gasteiger partial charge in [0.15, 0.2) is 0 Å². The molecule has 2 rings (SSSR count). The molecule has 5 nitrogen and oxygen atoms in total. The Labute approximate surface area is 125 Å². The van der Waals surface area contributed by atoms with Crippen LogP contribution in [-0.2, 0) is 16.1 Å². The number of esters is 1. The molecule has 0 bridgehead atoms. The Kier molecular flexibility index (Phi) is 4.96. The maximum absolute atomic E-state index is 11.7. The van der Waals surface area contributed by atoms with Crippen molar-refractivity contribution in [2.75, 3.05) is 6.61 Å². The number of carbonyl (C=O) groups excluding carboxylic acids is 1. The average molecular weight is 289 g/mol. The minimum Gasteiger partial charge on any atom is -0.465 e. The topological polar surface area (TPSA) is 70.1 Å². The summed E-state index contributed by atoms with van der Waals surface area (Å²) in [7, 11) is 0. The molecule has 1 aromatic heterocycles. The fourth-order valence-corrected chi connectivity index (χ4v) is 2.36. The van der Waals surface area contributed by atoms with Crippen LogP contribution in [0.5, 0.6) is 0 Å². The van der Waals surface area contributed by atoms with Gasteiger partial charge in [0.2, 0.25) is 0 Å². The Morgan fingerprint density at radius 3 is 2.90 bits per heavy atom. The van der Waals surface area contributed by atoms with Gasteiger partial charge in [-0.1, -0.05) is 18.2 Å². The first kappa shape index (κ1) is 15.5. The van der Waals surface area contributed by atoms with Crippen molar-refractivity contribution in [2.24, 2.45) is 5.73 Å². The zero-order valence-corrected chi connectivity index (χ0v) is 12.7. The number of hydrogen-bond donors (Lipinski definition) is 1. The number of para-hydroxylation sites is 1. The molecule has 0 aliphatic heterocycles. The van der Waals surface area contributed by atoms with E-state index in [1.54, 1.807) is 13.8 Å². The molecule has 0 amide bonds. The molecular formula is C16H23N3O2. The highest BCUT2D eigenvalue weighted by atomic mass is 16.5. The van der Waals surface area contributed by atoms with E-state index in [1.807, 2.05) is 23.0 Å². The molecule has 0 aliphatic carbocycles. The first-order valence-electron chi connectivity index (χ1n) is 7.41. The average Bonchev–Trinajstić information content (AvgIpc) is 2.87. The van der Waals surface area contributed by atoms with E-state index in [2.05, 4.69) is 17.2 Å². The number of aromatic nitrogens is 2. The van der Waals surface area contributed by atoms with Gasteiger partial charge < -0.3 is 10.5 Å². The largest absolute Gasteiger partial charge is 0.465 e. The third-order valence-corrected chi connectivity index (χ3v) is 3.61. The summed E-state index contributed by atoms with van der Waals surface area (Å²) in [5.74, 6) is -0.325. The van der Waals surface area contributed by atoms with E-state index < -0.39 is 5.54 Å². The van der Waals surface area contributed by atoms with Crippen molar-refractivity contribution >= 4 is 16.9 Å². The summed E-state index contributed by atoms with van der Waals surface area (Å²) in [5, 5.41) is 5.53. The highest BCUT2D eigenvalue weighted by Crippen LogP contribution is 2.16. The van der Waals surface area contributed by atoms with Crippen LogP contribution >= 0.6 is 0 Å². The lowest BCUT2D eigenvalue weighted by atomic mass is 9.96. The number of benzene rings is 1. The van der Waals surface area contributed by atoms with Crippen LogP contribution in [-0.4, -0.2) is 27.9 Å². The van der Waals surface area contributed by atoms with E-state index in [9.17, 15) is 4.79 Å². The monoisotopic (exact) mass is 289 g/mol. The Bertz CT molecular complexity index is 604. The molecule has 114 valence electrons. The standard InChI is InChI=1S/C16H23N3O2/c1-3-21-15(20)16(2,17)10-6-7-11-19-14-9-5-4-8-13(14)12-18-19/h4-5,8-9,12H,3,6-7,10-11,17H2,1-2H3. The number of nitrogens with zero attached hydrogens (tertiary/aromatic N) is 2. The fourth-order valence-electron chi connectivity index (χ4n) is 2.36. The number of ether oxygens (including phenoxy) is 1. The Morgan fingerprint density at radius 1 is 1.38 bits per heavy atom. The van der Waals surface area contributed by atoms with Crippen LogP contribution in [0.3, 0.4) is 0 Å². The minimum absolute atomic E-state index is 0.325. The molecule has 1 atom stereocenters. The number of nitrogens with two attached hydrogens (primary N) is 1. The van der Waals surface area contributed by atoms with Gasteiger partial charge in [-0.15, -0.1) is 0 Å². The third-order valence-electron chi connectivity index (χ3n) is 3.61. The Balaban J connectivity index is 1.83. The molecule has 1 aromatic carbocycles. The number of fused-ring (bicyclic) bond motifs is 1. The van der Waals surface area contributed by atoms with E-state index >= 15 is 0 Å². The molecule has 21 heavy (non-hydrogen) atoms. The lowest BCUT2D eigenvalue weighted by molar-refractivity contribution is -0.149. The molecule has 1 heterocycles. The second-order valence-electron chi connectivity index (χ2n) is 5.52. The van der Waals surface area contributed by atoms with E-state index in [-0.39, 0.29) is 5.97 Å². The van der Waals surface area contributed by atoms with Crippen molar-refractivity contribution in [1.82, 2.24) is 9.78 Å². The molecule has 0 aliphatic rings. The summed E-state index contributed by atoms with van der Waals surface area (Å²) in [6, 6.07) is 8.14. The summed E-state index contributed by atoms with van der Waals surface area (Å²) in [4.78, 5) is 11.7. The van der Waals surface area contributed by atoms with Crippen LogP contribution < -0.4 is 5.73 Å². The van der Waals surface area contributed by atoms with Gasteiger partial charge >= 0.3 is 5.97 Å². The van der Waals surface area contributed by atoms with Crippen LogP contribution in [0.1, 0.15) is 33.1 Å². The predicted molar refractivity (Wildman–Crippen MR) is 82.8 cm³/mol. The highest BCUT2D eigenvalue weighted by molar-refractivity contribution is 5.80. The fraction of sp³-hybridized carbons (Fsp3) is 0.500. The summed E-state index contributed by atoms with van der Waals surface area (Å²) < 4.78 is 6.98. The summed E-state index contributed by atoms with van der Waals surface area (Å²) in [6.07, 6.45) is 4.28. The van der Waals surface area contributed by atoms with E-state index in [1.165, 1.54) is 0 Å². The van der Waals surface area contributed by atoms with Crippen molar-refractivity contribution in [3.05, 3.63) is 30.5 Å². The van der Waals surface area contributed by atoms with Gasteiger partial charge in [-0.3, -0.25) is 9.48 Å². The second-order valence-corrected chi connectivity index (χ2v) is 5.52. The first-order valence-corrected chi connectivity index (χ1v) is 7.41. The molecule has 0 spiro atoms. The van der Waals surface area contributed by atoms with Gasteiger partial charge in [0.1, 0.15) is 5.54 Å². The van der Waals surface area contributed by atoms with Crippen LogP contribution in [0.4, 0.5) is 0 Å². The van der Waals surface area contributed by atoms with E-state index in [0.29, 0.717) is 13.0 Å². The second kappa shape index (κ2) is 6.72. The molecule has 0 saturated carbocycles. The lowest BCUT2D eigenvalue weighted by Crippen LogP contribution is -2.46. The number of hydrogen-bond acceptors (Lipinski definition) is 4. The Hall–Kier alpha value is -1.88. The predicted octanol–water partition coefficient (Wildman–Crippen LogP) is 2.49. The first-order chi connectivity index (χ1) is 10.0. The number of carbonyl (C=O) groups is 1. The van der Waals surface area contributed by atoms with Gasteiger partial charge in [-0.2, -0.15) is 5.10 Å². The SMILES string of the molecule is CCOC(=O)C(C)(N)CCCCn1ncc2ccccc21. The van der Waals surface area contributed by atoms with Crippen molar-refractivity contribution < 1.29 is 9.53 Å². The minimum atomic E-state index is -0.901. The normalized spacial score (nSPS) is 14.0. The maximum Gasteiger partial charge on any atom is 0.325 e. The quantitative estimate of drug-likeness (QED) is 0.628. The number of aryl methyl sites for hydroxylation is 1. The molecule has 0 radical (unpaired) electrons. The van der Waals surface area contributed by atoms with Crippen LogP contribution in [0, 0.1) is 0 Å². The van der Waals surface area contributed by atoms with Gasteiger partial charge in [-0.25, -0.2) is 0 Å². The van der Waals surface area contributed by atoms with Gasteiger partial charge in [-0.05, 0) is 39.2 Å².